The maximum Gasteiger partial charge on any atom is 0.286 e. The van der Waals surface area contributed by atoms with Crippen LogP contribution in [0.2, 0.25) is 0 Å². The first kappa shape index (κ1) is 23.3. The number of para-hydroxylation sites is 1. The molecule has 0 saturated heterocycles. The molecule has 1 aromatic heterocycles. The predicted molar refractivity (Wildman–Crippen MR) is 131 cm³/mol. The molecule has 7 heteroatoms. The second-order valence-corrected chi connectivity index (χ2v) is 8.80. The molecule has 0 radical (unpaired) electrons. The van der Waals surface area contributed by atoms with Crippen molar-refractivity contribution in [2.24, 2.45) is 0 Å². The third-order valence-corrected chi connectivity index (χ3v) is 6.11. The Morgan fingerprint density at radius 1 is 1.06 bits per heavy atom. The van der Waals surface area contributed by atoms with E-state index in [1.807, 2.05) is 36.7 Å². The van der Waals surface area contributed by atoms with Crippen LogP contribution >= 0.6 is 11.8 Å². The molecule has 0 unspecified atom stereocenters. The van der Waals surface area contributed by atoms with Gasteiger partial charge in [-0.15, -0.1) is 0 Å². The minimum absolute atomic E-state index is 0.102. The van der Waals surface area contributed by atoms with Gasteiger partial charge in [-0.25, -0.2) is 0 Å². The Morgan fingerprint density at radius 2 is 1.75 bits per heavy atom. The fourth-order valence-corrected chi connectivity index (χ4v) is 3.90. The number of anilines is 1. The van der Waals surface area contributed by atoms with Crippen LogP contribution in [0.5, 0.6) is 0 Å². The number of amides is 2. The Morgan fingerprint density at radius 3 is 2.44 bits per heavy atom. The average molecular weight is 449 g/mol. The summed E-state index contributed by atoms with van der Waals surface area (Å²) in [5, 5.41) is 7.41. The molecule has 1 heterocycles. The number of thioether (sulfide) groups is 1. The summed E-state index contributed by atoms with van der Waals surface area (Å²) >= 11 is 1.08. The van der Waals surface area contributed by atoms with E-state index in [0.717, 1.165) is 28.7 Å². The van der Waals surface area contributed by atoms with Crippen molar-refractivity contribution >= 4 is 34.7 Å². The number of carbonyl (C=O) groups is 2. The zero-order valence-electron chi connectivity index (χ0n) is 19.0. The van der Waals surface area contributed by atoms with Crippen molar-refractivity contribution in [2.75, 3.05) is 19.4 Å². The van der Waals surface area contributed by atoms with Crippen molar-refractivity contribution < 1.29 is 9.59 Å². The third kappa shape index (κ3) is 5.88. The molecule has 0 aliphatic heterocycles. The number of aryl methyl sites for hydroxylation is 2. The van der Waals surface area contributed by atoms with Crippen molar-refractivity contribution in [3.05, 3.63) is 82.7 Å². The van der Waals surface area contributed by atoms with E-state index in [1.54, 1.807) is 26.2 Å². The lowest BCUT2D eigenvalue weighted by Crippen LogP contribution is -2.16. The van der Waals surface area contributed by atoms with Gasteiger partial charge in [0.2, 0.25) is 5.91 Å². The normalized spacial score (nSPS) is 11.0. The highest BCUT2D eigenvalue weighted by molar-refractivity contribution is 8.13. The summed E-state index contributed by atoms with van der Waals surface area (Å²) in [5.74, 6) is -0.263. The molecule has 0 aliphatic rings. The van der Waals surface area contributed by atoms with Crippen LogP contribution in [-0.4, -0.2) is 39.9 Å². The lowest BCUT2D eigenvalue weighted by atomic mass is 10.1. The molecular formula is C25H28N4O2S. The minimum atomic E-state index is -0.263. The Kier molecular flexibility index (Phi) is 7.53. The van der Waals surface area contributed by atoms with E-state index in [1.165, 1.54) is 22.1 Å². The number of rotatable bonds is 6. The highest BCUT2D eigenvalue weighted by Gasteiger charge is 2.13. The zero-order valence-corrected chi connectivity index (χ0v) is 19.9. The number of aromatic nitrogens is 2. The second-order valence-electron chi connectivity index (χ2n) is 7.81. The van der Waals surface area contributed by atoms with Crippen LogP contribution in [0, 0.1) is 20.8 Å². The van der Waals surface area contributed by atoms with Gasteiger partial charge < -0.3 is 10.2 Å². The first-order valence-corrected chi connectivity index (χ1v) is 11.1. The van der Waals surface area contributed by atoms with Gasteiger partial charge in [0.05, 0.1) is 17.9 Å². The van der Waals surface area contributed by atoms with Crippen LogP contribution in [0.25, 0.3) is 6.08 Å². The highest BCUT2D eigenvalue weighted by Crippen LogP contribution is 2.28. The van der Waals surface area contributed by atoms with Crippen LogP contribution in [0.4, 0.5) is 10.5 Å². The summed E-state index contributed by atoms with van der Waals surface area (Å²) < 4.78 is 1.95. The van der Waals surface area contributed by atoms with Crippen LogP contribution in [0.3, 0.4) is 0 Å². The quantitative estimate of drug-likeness (QED) is 0.411. The molecule has 32 heavy (non-hydrogen) atoms. The van der Waals surface area contributed by atoms with Gasteiger partial charge in [0.1, 0.15) is 0 Å². The van der Waals surface area contributed by atoms with Crippen molar-refractivity contribution in [1.82, 2.24) is 14.7 Å². The Labute approximate surface area is 193 Å². The van der Waals surface area contributed by atoms with Crippen molar-refractivity contribution in [1.29, 1.82) is 0 Å². The number of nitrogens with zero attached hydrogens (tertiary/aromatic N) is 3. The van der Waals surface area contributed by atoms with Gasteiger partial charge in [0, 0.05) is 36.3 Å². The number of hydrogen-bond acceptors (Lipinski definition) is 4. The van der Waals surface area contributed by atoms with Gasteiger partial charge in [-0.3, -0.25) is 14.3 Å². The molecule has 3 rings (SSSR count). The summed E-state index contributed by atoms with van der Waals surface area (Å²) in [7, 11) is 3.39. The molecule has 3 aromatic rings. The smallest absolute Gasteiger partial charge is 0.286 e. The van der Waals surface area contributed by atoms with E-state index in [-0.39, 0.29) is 11.1 Å². The van der Waals surface area contributed by atoms with Gasteiger partial charge in [0.15, 0.2) is 0 Å². The Hall–Kier alpha value is -3.32. The largest absolute Gasteiger partial charge is 0.339 e. The number of benzene rings is 2. The topological polar surface area (TPSA) is 67.2 Å². The first-order chi connectivity index (χ1) is 15.2. The van der Waals surface area contributed by atoms with E-state index < -0.39 is 0 Å². The third-order valence-electron chi connectivity index (χ3n) is 5.00. The molecule has 0 aliphatic carbocycles. The SMILES string of the molecule is Cc1ccc(Cn2nc(C)c(/C=C/C(=O)Nc3ccccc3SC(=O)N(C)C)c2C)cc1. The standard InChI is InChI=1S/C25H28N4O2S/c1-17-10-12-20(13-11-17)16-29-19(3)21(18(2)27-29)14-15-24(30)26-22-8-6-7-9-23(22)32-25(31)28(4)5/h6-15H,16H2,1-5H3,(H,26,30)/b15-14+. The van der Waals surface area contributed by atoms with E-state index >= 15 is 0 Å². The monoisotopic (exact) mass is 448 g/mol. The molecular weight excluding hydrogens is 420 g/mol. The molecule has 2 amide bonds. The predicted octanol–water partition coefficient (Wildman–Crippen LogP) is 5.28. The molecule has 6 nitrogen and oxygen atoms in total. The van der Waals surface area contributed by atoms with Gasteiger partial charge in [0.25, 0.3) is 5.24 Å². The van der Waals surface area contributed by atoms with Crippen LogP contribution in [-0.2, 0) is 11.3 Å². The van der Waals surface area contributed by atoms with Gasteiger partial charge in [-0.1, -0.05) is 42.0 Å². The Balaban J connectivity index is 1.72. The highest BCUT2D eigenvalue weighted by atomic mass is 32.2. The fraction of sp³-hybridized carbons (Fsp3) is 0.240. The van der Waals surface area contributed by atoms with Gasteiger partial charge in [-0.05, 0) is 56.3 Å². The van der Waals surface area contributed by atoms with E-state index in [0.29, 0.717) is 17.1 Å². The van der Waals surface area contributed by atoms with Crippen molar-refractivity contribution in [3.63, 3.8) is 0 Å². The lowest BCUT2D eigenvalue weighted by molar-refractivity contribution is -0.111. The van der Waals surface area contributed by atoms with Gasteiger partial charge in [-0.2, -0.15) is 5.10 Å². The van der Waals surface area contributed by atoms with Crippen molar-refractivity contribution in [3.8, 4) is 0 Å². The molecule has 0 spiro atoms. The lowest BCUT2D eigenvalue weighted by Gasteiger charge is -2.12. The molecule has 2 aromatic carbocycles. The summed E-state index contributed by atoms with van der Waals surface area (Å²) in [5.41, 5.74) is 5.80. The summed E-state index contributed by atoms with van der Waals surface area (Å²) in [6.07, 6.45) is 3.29. The minimum Gasteiger partial charge on any atom is -0.339 e. The molecule has 0 fully saturated rings. The summed E-state index contributed by atoms with van der Waals surface area (Å²) in [6.45, 7) is 6.69. The molecule has 0 bridgehead atoms. The van der Waals surface area contributed by atoms with Crippen LogP contribution in [0.1, 0.15) is 28.1 Å². The molecule has 0 saturated carbocycles. The fourth-order valence-electron chi connectivity index (χ4n) is 3.15. The summed E-state index contributed by atoms with van der Waals surface area (Å²) in [6, 6.07) is 15.7. The average Bonchev–Trinajstić information content (AvgIpc) is 3.02. The molecule has 166 valence electrons. The number of hydrogen-bond donors (Lipinski definition) is 1. The first-order valence-electron chi connectivity index (χ1n) is 10.3. The maximum atomic E-state index is 12.6. The van der Waals surface area contributed by atoms with Crippen molar-refractivity contribution in [2.45, 2.75) is 32.2 Å². The molecule has 0 atom stereocenters. The number of carbonyl (C=O) groups excluding carboxylic acids is 2. The number of nitrogens with one attached hydrogen (secondary N) is 1. The van der Waals surface area contributed by atoms with E-state index in [9.17, 15) is 9.59 Å². The molecule has 1 N–H and O–H groups in total. The van der Waals surface area contributed by atoms with Crippen LogP contribution in [0.15, 0.2) is 59.5 Å². The van der Waals surface area contributed by atoms with E-state index in [2.05, 4.69) is 41.6 Å². The second kappa shape index (κ2) is 10.3. The van der Waals surface area contributed by atoms with Gasteiger partial charge >= 0.3 is 0 Å². The Bertz CT molecular complexity index is 1150. The van der Waals surface area contributed by atoms with Crippen LogP contribution < -0.4 is 5.32 Å². The van der Waals surface area contributed by atoms with E-state index in [4.69, 9.17) is 0 Å². The summed E-state index contributed by atoms with van der Waals surface area (Å²) in [4.78, 5) is 26.8. The maximum absolute atomic E-state index is 12.6. The zero-order chi connectivity index (χ0) is 23.3.